The number of pyridine rings is 1. The van der Waals surface area contributed by atoms with Gasteiger partial charge in [0.1, 0.15) is 0 Å². The molecule has 4 heteroatoms. The molecular formula is C22H28N2O2. The van der Waals surface area contributed by atoms with Crippen LogP contribution in [0.5, 0.6) is 0 Å². The molecule has 0 unspecified atom stereocenters. The van der Waals surface area contributed by atoms with Gasteiger partial charge in [-0.1, -0.05) is 30.9 Å². The van der Waals surface area contributed by atoms with Crippen molar-refractivity contribution in [2.45, 2.75) is 71.4 Å². The van der Waals surface area contributed by atoms with E-state index in [1.807, 2.05) is 17.9 Å². The van der Waals surface area contributed by atoms with Crippen LogP contribution in [0.4, 0.5) is 0 Å². The highest BCUT2D eigenvalue weighted by Gasteiger charge is 2.36. The van der Waals surface area contributed by atoms with Crippen molar-refractivity contribution in [3.8, 4) is 0 Å². The highest BCUT2D eigenvalue weighted by atomic mass is 16.2. The largest absolute Gasteiger partial charge is 0.335 e. The number of aromatic nitrogens is 1. The maximum absolute atomic E-state index is 13.1. The summed E-state index contributed by atoms with van der Waals surface area (Å²) in [5, 5.41) is 1.05. The van der Waals surface area contributed by atoms with Crippen LogP contribution in [0.2, 0.25) is 0 Å². The monoisotopic (exact) mass is 352 g/mol. The predicted molar refractivity (Wildman–Crippen MR) is 104 cm³/mol. The van der Waals surface area contributed by atoms with Crippen LogP contribution in [0, 0.1) is 19.8 Å². The van der Waals surface area contributed by atoms with E-state index in [0.717, 1.165) is 55.0 Å². The first-order valence-electron chi connectivity index (χ1n) is 9.96. The number of H-pyrrole nitrogens is 1. The van der Waals surface area contributed by atoms with Crippen molar-refractivity contribution in [1.82, 2.24) is 9.88 Å². The Labute approximate surface area is 154 Å². The Hall–Kier alpha value is -2.10. The van der Waals surface area contributed by atoms with Gasteiger partial charge in [0, 0.05) is 17.5 Å². The molecule has 1 aromatic carbocycles. The van der Waals surface area contributed by atoms with Gasteiger partial charge < -0.3 is 9.88 Å². The minimum atomic E-state index is -0.0634. The van der Waals surface area contributed by atoms with Crippen LogP contribution >= 0.6 is 0 Å². The Morgan fingerprint density at radius 2 is 1.81 bits per heavy atom. The van der Waals surface area contributed by atoms with Crippen molar-refractivity contribution in [2.24, 2.45) is 5.92 Å². The van der Waals surface area contributed by atoms with Gasteiger partial charge in [-0.2, -0.15) is 0 Å². The molecule has 1 amide bonds. The van der Waals surface area contributed by atoms with Gasteiger partial charge in [0.2, 0.25) is 5.91 Å². The number of hydrogen-bond donors (Lipinski definition) is 1. The standard InChI is InChI=1S/C22H28N2O2/c1-14-10-15(2)20-17(11-14)12-18(21(25)23-20)13-24(19-8-9-19)22(26)16-6-4-3-5-7-16/h10-12,16,19H,3-9,13H2,1-2H3,(H,23,25). The zero-order valence-corrected chi connectivity index (χ0v) is 15.8. The molecule has 0 saturated heterocycles. The minimum absolute atomic E-state index is 0.0634. The van der Waals surface area contributed by atoms with Gasteiger partial charge in [-0.25, -0.2) is 0 Å². The van der Waals surface area contributed by atoms with Crippen molar-refractivity contribution in [3.63, 3.8) is 0 Å². The number of nitrogens with one attached hydrogen (secondary N) is 1. The summed E-state index contributed by atoms with van der Waals surface area (Å²) in [4.78, 5) is 30.8. The molecule has 1 aromatic heterocycles. The zero-order valence-electron chi connectivity index (χ0n) is 15.8. The van der Waals surface area contributed by atoms with Crippen LogP contribution < -0.4 is 5.56 Å². The summed E-state index contributed by atoms with van der Waals surface area (Å²) in [6.45, 7) is 4.53. The molecule has 0 aliphatic heterocycles. The van der Waals surface area contributed by atoms with E-state index in [1.54, 1.807) is 0 Å². The summed E-state index contributed by atoms with van der Waals surface area (Å²) < 4.78 is 0. The average Bonchev–Trinajstić information content (AvgIpc) is 3.46. The van der Waals surface area contributed by atoms with Crippen molar-refractivity contribution in [2.75, 3.05) is 0 Å². The number of nitrogens with zero attached hydrogens (tertiary/aromatic N) is 1. The van der Waals surface area contributed by atoms with Gasteiger partial charge in [-0.15, -0.1) is 0 Å². The number of aryl methyl sites for hydroxylation is 2. The van der Waals surface area contributed by atoms with Crippen molar-refractivity contribution >= 4 is 16.8 Å². The Morgan fingerprint density at radius 1 is 1.08 bits per heavy atom. The molecule has 2 aromatic rings. The molecule has 138 valence electrons. The first-order valence-corrected chi connectivity index (χ1v) is 9.96. The molecule has 2 aliphatic carbocycles. The summed E-state index contributed by atoms with van der Waals surface area (Å²) in [5.74, 6) is 0.431. The van der Waals surface area contributed by atoms with Gasteiger partial charge >= 0.3 is 0 Å². The Kier molecular flexibility index (Phi) is 4.60. The summed E-state index contributed by atoms with van der Waals surface area (Å²) in [6, 6.07) is 6.50. The number of amides is 1. The minimum Gasteiger partial charge on any atom is -0.335 e. The fraction of sp³-hybridized carbons (Fsp3) is 0.545. The van der Waals surface area contributed by atoms with E-state index >= 15 is 0 Å². The van der Waals surface area contributed by atoms with E-state index in [0.29, 0.717) is 18.2 Å². The molecule has 4 rings (SSSR count). The molecule has 1 N–H and O–H groups in total. The third-order valence-corrected chi connectivity index (χ3v) is 5.94. The van der Waals surface area contributed by atoms with Crippen LogP contribution in [0.15, 0.2) is 23.0 Å². The fourth-order valence-electron chi connectivity index (χ4n) is 4.39. The molecular weight excluding hydrogens is 324 g/mol. The molecule has 0 spiro atoms. The summed E-state index contributed by atoms with van der Waals surface area (Å²) in [7, 11) is 0. The number of benzene rings is 1. The molecule has 0 atom stereocenters. The lowest BCUT2D eigenvalue weighted by Crippen LogP contribution is -2.39. The van der Waals surface area contributed by atoms with Crippen LogP contribution in [-0.2, 0) is 11.3 Å². The first kappa shape index (κ1) is 17.3. The van der Waals surface area contributed by atoms with Gasteiger partial charge in [0.15, 0.2) is 0 Å². The predicted octanol–water partition coefficient (Wildman–Crippen LogP) is 4.22. The molecule has 1 heterocycles. The number of carbonyl (C=O) groups is 1. The second-order valence-corrected chi connectivity index (χ2v) is 8.20. The number of fused-ring (bicyclic) bond motifs is 1. The van der Waals surface area contributed by atoms with Crippen molar-refractivity contribution in [3.05, 3.63) is 45.2 Å². The van der Waals surface area contributed by atoms with Crippen LogP contribution in [-0.4, -0.2) is 21.8 Å². The smallest absolute Gasteiger partial charge is 0.253 e. The maximum atomic E-state index is 13.1. The van der Waals surface area contributed by atoms with Crippen molar-refractivity contribution in [1.29, 1.82) is 0 Å². The SMILES string of the molecule is Cc1cc(C)c2[nH]c(=O)c(CN(C(=O)C3CCCCC3)C3CC3)cc2c1. The third kappa shape index (κ3) is 3.42. The summed E-state index contributed by atoms with van der Waals surface area (Å²) in [6.07, 6.45) is 7.72. The number of rotatable bonds is 4. The highest BCUT2D eigenvalue weighted by molar-refractivity contribution is 5.83. The fourth-order valence-corrected chi connectivity index (χ4v) is 4.39. The second kappa shape index (κ2) is 6.90. The average molecular weight is 352 g/mol. The second-order valence-electron chi connectivity index (χ2n) is 8.20. The van der Waals surface area contributed by atoms with Gasteiger partial charge in [-0.3, -0.25) is 9.59 Å². The van der Waals surface area contributed by atoms with E-state index in [1.165, 1.54) is 12.0 Å². The van der Waals surface area contributed by atoms with Gasteiger partial charge in [0.25, 0.3) is 5.56 Å². The van der Waals surface area contributed by atoms with Crippen molar-refractivity contribution < 1.29 is 4.79 Å². The zero-order chi connectivity index (χ0) is 18.3. The summed E-state index contributed by atoms with van der Waals surface area (Å²) >= 11 is 0. The lowest BCUT2D eigenvalue weighted by Gasteiger charge is -2.29. The first-order chi connectivity index (χ1) is 12.5. The van der Waals surface area contributed by atoms with E-state index in [4.69, 9.17) is 0 Å². The number of carbonyl (C=O) groups excluding carboxylic acids is 1. The van der Waals surface area contributed by atoms with Gasteiger partial charge in [-0.05, 0) is 62.6 Å². The van der Waals surface area contributed by atoms with E-state index < -0.39 is 0 Å². The maximum Gasteiger partial charge on any atom is 0.253 e. The Bertz CT molecular complexity index is 889. The van der Waals surface area contributed by atoms with Crippen LogP contribution in [0.25, 0.3) is 10.9 Å². The van der Waals surface area contributed by atoms with E-state index in [2.05, 4.69) is 24.0 Å². The molecule has 26 heavy (non-hydrogen) atoms. The Balaban J connectivity index is 1.64. The summed E-state index contributed by atoms with van der Waals surface area (Å²) in [5.41, 5.74) is 3.82. The topological polar surface area (TPSA) is 53.2 Å². The molecule has 0 bridgehead atoms. The lowest BCUT2D eigenvalue weighted by atomic mass is 9.88. The molecule has 2 saturated carbocycles. The highest BCUT2D eigenvalue weighted by Crippen LogP contribution is 2.33. The molecule has 4 nitrogen and oxygen atoms in total. The molecule has 0 radical (unpaired) electrons. The molecule has 2 aliphatic rings. The Morgan fingerprint density at radius 3 is 2.50 bits per heavy atom. The lowest BCUT2D eigenvalue weighted by molar-refractivity contribution is -0.137. The van der Waals surface area contributed by atoms with Crippen LogP contribution in [0.3, 0.4) is 0 Å². The quantitative estimate of drug-likeness (QED) is 0.896. The van der Waals surface area contributed by atoms with E-state index in [9.17, 15) is 9.59 Å². The third-order valence-electron chi connectivity index (χ3n) is 5.94. The normalized spacial score (nSPS) is 18.2. The van der Waals surface area contributed by atoms with Crippen LogP contribution in [0.1, 0.15) is 61.6 Å². The number of aromatic amines is 1. The number of hydrogen-bond acceptors (Lipinski definition) is 2. The molecule has 2 fully saturated rings. The van der Waals surface area contributed by atoms with E-state index in [-0.39, 0.29) is 17.4 Å². The van der Waals surface area contributed by atoms with Gasteiger partial charge in [0.05, 0.1) is 12.1 Å².